The summed E-state index contributed by atoms with van der Waals surface area (Å²) in [6, 6.07) is 12.6. The number of rotatable bonds is 9. The Labute approximate surface area is 166 Å². The molecule has 0 spiro atoms. The van der Waals surface area contributed by atoms with Crippen molar-refractivity contribution in [1.29, 1.82) is 0 Å². The number of carbonyl (C=O) groups excluding carboxylic acids is 1. The van der Waals surface area contributed by atoms with E-state index in [9.17, 15) is 17.6 Å². The van der Waals surface area contributed by atoms with Gasteiger partial charge in [0, 0.05) is 12.5 Å². The van der Waals surface area contributed by atoms with Gasteiger partial charge in [-0.1, -0.05) is 24.3 Å². The van der Waals surface area contributed by atoms with Gasteiger partial charge in [0.2, 0.25) is 10.0 Å². The van der Waals surface area contributed by atoms with E-state index < -0.39 is 15.8 Å². The number of halogens is 1. The number of aryl methyl sites for hydroxylation is 1. The van der Waals surface area contributed by atoms with E-state index in [4.69, 9.17) is 0 Å². The molecule has 0 bridgehead atoms. The molecule has 28 heavy (non-hydrogen) atoms. The first-order valence-electron chi connectivity index (χ1n) is 9.65. The lowest BCUT2D eigenvalue weighted by Crippen LogP contribution is -2.40. The first kappa shape index (κ1) is 20.7. The van der Waals surface area contributed by atoms with Crippen LogP contribution in [0.1, 0.15) is 50.2 Å². The van der Waals surface area contributed by atoms with Gasteiger partial charge in [0.1, 0.15) is 11.6 Å². The van der Waals surface area contributed by atoms with Gasteiger partial charge < -0.3 is 0 Å². The van der Waals surface area contributed by atoms with Crippen LogP contribution in [0.15, 0.2) is 53.4 Å². The Kier molecular flexibility index (Phi) is 6.30. The zero-order valence-electron chi connectivity index (χ0n) is 16.3. The van der Waals surface area contributed by atoms with Crippen LogP contribution in [0.5, 0.6) is 0 Å². The van der Waals surface area contributed by atoms with E-state index in [0.29, 0.717) is 12.3 Å². The monoisotopic (exact) mass is 403 g/mol. The number of sulfonamides is 1. The van der Waals surface area contributed by atoms with Crippen molar-refractivity contribution in [2.24, 2.45) is 0 Å². The predicted molar refractivity (Wildman–Crippen MR) is 107 cm³/mol. The molecule has 1 saturated carbocycles. The number of benzene rings is 2. The fourth-order valence-corrected chi connectivity index (χ4v) is 4.86. The summed E-state index contributed by atoms with van der Waals surface area (Å²) >= 11 is 0. The number of hydrogen-bond acceptors (Lipinski definition) is 3. The minimum Gasteiger partial charge on any atom is -0.298 e. The Morgan fingerprint density at radius 2 is 1.82 bits per heavy atom. The largest absolute Gasteiger partial charge is 0.298 e. The van der Waals surface area contributed by atoms with E-state index in [-0.39, 0.29) is 29.7 Å². The predicted octanol–water partition coefficient (Wildman–Crippen LogP) is 4.30. The van der Waals surface area contributed by atoms with E-state index in [1.54, 1.807) is 13.8 Å². The molecular formula is C22H26FNO3S. The summed E-state index contributed by atoms with van der Waals surface area (Å²) in [5, 5.41) is 0. The van der Waals surface area contributed by atoms with Crippen LogP contribution in [0.25, 0.3) is 0 Å². The standard InChI is InChI=1S/C22H26FNO3S/c1-16(2)24(28(26,27)22-12-9-20(23)10-13-22)15-21(25)11-6-17-4-3-5-19(14-17)18-7-8-18/h3-5,9-10,12-14,16,18H,6-8,11,15H2,1-2H3. The summed E-state index contributed by atoms with van der Waals surface area (Å²) in [7, 11) is -3.86. The topological polar surface area (TPSA) is 54.5 Å². The van der Waals surface area contributed by atoms with Crippen LogP contribution in [0.2, 0.25) is 0 Å². The smallest absolute Gasteiger partial charge is 0.243 e. The van der Waals surface area contributed by atoms with Crippen LogP contribution in [0, 0.1) is 5.82 Å². The van der Waals surface area contributed by atoms with Crippen molar-refractivity contribution in [3.63, 3.8) is 0 Å². The molecular weight excluding hydrogens is 377 g/mol. The van der Waals surface area contributed by atoms with Gasteiger partial charge in [-0.25, -0.2) is 12.8 Å². The molecule has 0 unspecified atom stereocenters. The van der Waals surface area contributed by atoms with E-state index in [1.165, 1.54) is 34.8 Å². The molecule has 6 heteroatoms. The molecule has 3 rings (SSSR count). The molecule has 1 aliphatic carbocycles. The van der Waals surface area contributed by atoms with Gasteiger partial charge in [-0.15, -0.1) is 0 Å². The number of nitrogens with zero attached hydrogens (tertiary/aromatic N) is 1. The molecule has 150 valence electrons. The van der Waals surface area contributed by atoms with Crippen LogP contribution in [0.3, 0.4) is 0 Å². The molecule has 0 aliphatic heterocycles. The summed E-state index contributed by atoms with van der Waals surface area (Å²) in [6.07, 6.45) is 3.35. The van der Waals surface area contributed by atoms with Gasteiger partial charge in [-0.3, -0.25) is 4.79 Å². The molecule has 1 fully saturated rings. The minimum atomic E-state index is -3.86. The Morgan fingerprint density at radius 1 is 1.14 bits per heavy atom. The third-order valence-corrected chi connectivity index (χ3v) is 7.06. The summed E-state index contributed by atoms with van der Waals surface area (Å²) in [5.41, 5.74) is 2.43. The van der Waals surface area contributed by atoms with Crippen molar-refractivity contribution in [2.45, 2.75) is 56.4 Å². The summed E-state index contributed by atoms with van der Waals surface area (Å²) < 4.78 is 40.1. The first-order chi connectivity index (χ1) is 13.3. The first-order valence-corrected chi connectivity index (χ1v) is 11.1. The summed E-state index contributed by atoms with van der Waals surface area (Å²) in [6.45, 7) is 3.28. The zero-order valence-corrected chi connectivity index (χ0v) is 17.1. The Morgan fingerprint density at radius 3 is 2.43 bits per heavy atom. The SMILES string of the molecule is CC(C)N(CC(=O)CCc1cccc(C2CC2)c1)S(=O)(=O)c1ccc(F)cc1. The number of carbonyl (C=O) groups is 1. The van der Waals surface area contributed by atoms with Crippen molar-refractivity contribution in [1.82, 2.24) is 4.31 Å². The Hall–Kier alpha value is -2.05. The van der Waals surface area contributed by atoms with Crippen LogP contribution in [-0.4, -0.2) is 31.1 Å². The van der Waals surface area contributed by atoms with Gasteiger partial charge >= 0.3 is 0 Å². The molecule has 0 amide bonds. The molecule has 4 nitrogen and oxygen atoms in total. The molecule has 0 N–H and O–H groups in total. The maximum atomic E-state index is 13.1. The number of Topliss-reactive ketones (excluding diaryl/α,β-unsaturated/α-hetero) is 1. The fourth-order valence-electron chi connectivity index (χ4n) is 3.24. The second-order valence-electron chi connectivity index (χ2n) is 7.66. The molecule has 2 aromatic carbocycles. The van der Waals surface area contributed by atoms with Crippen LogP contribution in [0.4, 0.5) is 4.39 Å². The summed E-state index contributed by atoms with van der Waals surface area (Å²) in [4.78, 5) is 12.5. The van der Waals surface area contributed by atoms with E-state index >= 15 is 0 Å². The second kappa shape index (κ2) is 8.53. The molecule has 0 aromatic heterocycles. The van der Waals surface area contributed by atoms with Gasteiger partial charge in [0.05, 0.1) is 11.4 Å². The normalized spacial score (nSPS) is 14.6. The highest BCUT2D eigenvalue weighted by Gasteiger charge is 2.29. The van der Waals surface area contributed by atoms with Crippen molar-refractivity contribution in [2.75, 3.05) is 6.54 Å². The third-order valence-electron chi connectivity index (χ3n) is 5.02. The maximum absolute atomic E-state index is 13.1. The van der Waals surface area contributed by atoms with Crippen molar-refractivity contribution < 1.29 is 17.6 Å². The molecule has 1 aliphatic rings. The Bertz CT molecular complexity index is 935. The molecule has 0 heterocycles. The van der Waals surface area contributed by atoms with Crippen molar-refractivity contribution >= 4 is 15.8 Å². The molecule has 0 radical (unpaired) electrons. The highest BCUT2D eigenvalue weighted by Crippen LogP contribution is 2.40. The molecule has 0 saturated heterocycles. The zero-order chi connectivity index (χ0) is 20.3. The lowest BCUT2D eigenvalue weighted by Gasteiger charge is -2.25. The lowest BCUT2D eigenvalue weighted by molar-refractivity contribution is -0.119. The highest BCUT2D eigenvalue weighted by atomic mass is 32.2. The van der Waals surface area contributed by atoms with Gasteiger partial charge in [-0.05, 0) is 74.4 Å². The lowest BCUT2D eigenvalue weighted by atomic mass is 10.0. The van der Waals surface area contributed by atoms with Gasteiger partial charge in [0.15, 0.2) is 0 Å². The third kappa shape index (κ3) is 5.06. The van der Waals surface area contributed by atoms with Crippen LogP contribution < -0.4 is 0 Å². The van der Waals surface area contributed by atoms with Gasteiger partial charge in [-0.2, -0.15) is 4.31 Å². The van der Waals surface area contributed by atoms with Crippen molar-refractivity contribution in [3.05, 3.63) is 65.5 Å². The van der Waals surface area contributed by atoms with Gasteiger partial charge in [0.25, 0.3) is 0 Å². The second-order valence-corrected chi connectivity index (χ2v) is 9.55. The average Bonchev–Trinajstić information content (AvgIpc) is 3.50. The quantitative estimate of drug-likeness (QED) is 0.627. The number of hydrogen-bond donors (Lipinski definition) is 0. The fraction of sp³-hybridized carbons (Fsp3) is 0.409. The Balaban J connectivity index is 1.65. The van der Waals surface area contributed by atoms with E-state index in [1.807, 2.05) is 12.1 Å². The van der Waals surface area contributed by atoms with E-state index in [0.717, 1.165) is 17.7 Å². The van der Waals surface area contributed by atoms with E-state index in [2.05, 4.69) is 12.1 Å². The maximum Gasteiger partial charge on any atom is 0.243 e. The summed E-state index contributed by atoms with van der Waals surface area (Å²) in [5.74, 6) is 0.0312. The minimum absolute atomic E-state index is 0.00691. The van der Waals surface area contributed by atoms with Crippen molar-refractivity contribution in [3.8, 4) is 0 Å². The molecule has 0 atom stereocenters. The number of ketones is 1. The molecule has 2 aromatic rings. The average molecular weight is 404 g/mol. The van der Waals surface area contributed by atoms with Crippen LogP contribution >= 0.6 is 0 Å². The van der Waals surface area contributed by atoms with Crippen LogP contribution in [-0.2, 0) is 21.2 Å². The highest BCUT2D eigenvalue weighted by molar-refractivity contribution is 7.89.